The quantitative estimate of drug-likeness (QED) is 0.665. The maximum Gasteiger partial charge on any atom is 0.220 e. The Bertz CT molecular complexity index is 782. The molecule has 4 rings (SSSR count). The lowest BCUT2D eigenvalue weighted by molar-refractivity contribution is -0.121. The summed E-state index contributed by atoms with van der Waals surface area (Å²) in [7, 11) is 0. The van der Waals surface area contributed by atoms with E-state index in [4.69, 9.17) is 4.98 Å². The smallest absolute Gasteiger partial charge is 0.220 e. The highest BCUT2D eigenvalue weighted by atomic mass is 32.1. The number of carbonyl (C=O) groups is 1. The standard InChI is InChI=1S/C23H33N5OS/c29-22(11-10-19-6-4-5-7-19)24-12-13-27-14-16-28(17-15-27)23-25-21(26-30-23)18-20-8-2-1-3-9-20/h1-3,8-9,19H,4-7,10-18H2,(H,24,29). The van der Waals surface area contributed by atoms with Crippen LogP contribution in [0.4, 0.5) is 5.13 Å². The minimum atomic E-state index is 0.223. The highest BCUT2D eigenvalue weighted by Gasteiger charge is 2.20. The van der Waals surface area contributed by atoms with Gasteiger partial charge in [-0.25, -0.2) is 4.98 Å². The fourth-order valence-electron chi connectivity index (χ4n) is 4.46. The lowest BCUT2D eigenvalue weighted by atomic mass is 10.0. The zero-order valence-electron chi connectivity index (χ0n) is 17.8. The number of amides is 1. The van der Waals surface area contributed by atoms with Crippen molar-refractivity contribution in [2.24, 2.45) is 5.92 Å². The fraction of sp³-hybridized carbons (Fsp3) is 0.609. The van der Waals surface area contributed by atoms with Gasteiger partial charge in [0, 0.05) is 63.6 Å². The lowest BCUT2D eigenvalue weighted by Gasteiger charge is -2.34. The van der Waals surface area contributed by atoms with Crippen LogP contribution in [0, 0.1) is 5.92 Å². The van der Waals surface area contributed by atoms with Crippen LogP contribution >= 0.6 is 11.5 Å². The Morgan fingerprint density at radius 3 is 2.63 bits per heavy atom. The van der Waals surface area contributed by atoms with E-state index in [0.29, 0.717) is 6.42 Å². The molecule has 1 saturated heterocycles. The first kappa shape index (κ1) is 21.2. The third kappa shape index (κ3) is 6.25. The van der Waals surface area contributed by atoms with Crippen molar-refractivity contribution in [3.05, 3.63) is 41.7 Å². The van der Waals surface area contributed by atoms with E-state index in [1.807, 2.05) is 6.07 Å². The Morgan fingerprint density at radius 2 is 1.87 bits per heavy atom. The van der Waals surface area contributed by atoms with Crippen LogP contribution in [0.25, 0.3) is 0 Å². The summed E-state index contributed by atoms with van der Waals surface area (Å²) in [6.45, 7) is 5.63. The molecular weight excluding hydrogens is 394 g/mol. The summed E-state index contributed by atoms with van der Waals surface area (Å²) in [5.41, 5.74) is 1.25. The van der Waals surface area contributed by atoms with Crippen LogP contribution in [0.3, 0.4) is 0 Å². The first-order valence-electron chi connectivity index (χ1n) is 11.4. The molecular formula is C23H33N5OS. The van der Waals surface area contributed by atoms with Crippen molar-refractivity contribution in [3.63, 3.8) is 0 Å². The van der Waals surface area contributed by atoms with Gasteiger partial charge in [-0.2, -0.15) is 4.37 Å². The molecule has 0 spiro atoms. The molecule has 0 radical (unpaired) electrons. The highest BCUT2D eigenvalue weighted by molar-refractivity contribution is 7.09. The van der Waals surface area contributed by atoms with Crippen LogP contribution in [-0.4, -0.2) is 59.4 Å². The predicted octanol–water partition coefficient (Wildman–Crippen LogP) is 3.34. The molecule has 6 nitrogen and oxygen atoms in total. The molecule has 1 amide bonds. The van der Waals surface area contributed by atoms with Crippen molar-refractivity contribution in [1.29, 1.82) is 0 Å². The van der Waals surface area contributed by atoms with Crippen LogP contribution in [0.15, 0.2) is 30.3 Å². The molecule has 2 aliphatic rings. The third-order valence-corrected chi connectivity index (χ3v) is 7.12. The Morgan fingerprint density at radius 1 is 1.10 bits per heavy atom. The van der Waals surface area contributed by atoms with Gasteiger partial charge in [0.15, 0.2) is 0 Å². The van der Waals surface area contributed by atoms with Crippen LogP contribution < -0.4 is 10.2 Å². The van der Waals surface area contributed by atoms with Gasteiger partial charge in [-0.15, -0.1) is 0 Å². The van der Waals surface area contributed by atoms with E-state index in [2.05, 4.69) is 43.8 Å². The number of nitrogens with zero attached hydrogens (tertiary/aromatic N) is 4. The molecule has 0 atom stereocenters. The Labute approximate surface area is 183 Å². The van der Waals surface area contributed by atoms with Crippen LogP contribution in [-0.2, 0) is 11.2 Å². The fourth-order valence-corrected chi connectivity index (χ4v) is 5.20. The molecule has 30 heavy (non-hydrogen) atoms. The van der Waals surface area contributed by atoms with Crippen molar-refractivity contribution in [1.82, 2.24) is 19.6 Å². The number of hydrogen-bond donors (Lipinski definition) is 1. The summed E-state index contributed by atoms with van der Waals surface area (Å²) in [6, 6.07) is 10.4. The summed E-state index contributed by atoms with van der Waals surface area (Å²) in [5.74, 6) is 1.92. The SMILES string of the molecule is O=C(CCC1CCCC1)NCCN1CCN(c2nc(Cc3ccccc3)ns2)CC1. The highest BCUT2D eigenvalue weighted by Crippen LogP contribution is 2.28. The second kappa shape index (κ2) is 10.9. The molecule has 0 unspecified atom stereocenters. The van der Waals surface area contributed by atoms with Crippen LogP contribution in [0.5, 0.6) is 0 Å². The molecule has 7 heteroatoms. The van der Waals surface area contributed by atoms with Crippen molar-refractivity contribution in [2.75, 3.05) is 44.2 Å². The van der Waals surface area contributed by atoms with Gasteiger partial charge in [0.05, 0.1) is 0 Å². The summed E-state index contributed by atoms with van der Waals surface area (Å²) >= 11 is 1.50. The normalized spacial score (nSPS) is 18.1. The van der Waals surface area contributed by atoms with Crippen molar-refractivity contribution in [3.8, 4) is 0 Å². The zero-order valence-corrected chi connectivity index (χ0v) is 18.6. The number of anilines is 1. The average Bonchev–Trinajstić information content (AvgIpc) is 3.46. The Hall–Kier alpha value is -1.99. The second-order valence-electron chi connectivity index (χ2n) is 8.52. The number of piperazine rings is 1. The first-order chi connectivity index (χ1) is 14.8. The van der Waals surface area contributed by atoms with E-state index < -0.39 is 0 Å². The molecule has 1 N–H and O–H groups in total. The first-order valence-corrected chi connectivity index (χ1v) is 12.1. The van der Waals surface area contributed by atoms with E-state index >= 15 is 0 Å². The summed E-state index contributed by atoms with van der Waals surface area (Å²) in [4.78, 5) is 21.6. The zero-order chi connectivity index (χ0) is 20.6. The number of hydrogen-bond acceptors (Lipinski definition) is 6. The topological polar surface area (TPSA) is 61.4 Å². The van der Waals surface area contributed by atoms with Gasteiger partial charge >= 0.3 is 0 Å². The van der Waals surface area contributed by atoms with Gasteiger partial charge in [0.1, 0.15) is 5.82 Å². The summed E-state index contributed by atoms with van der Waals surface area (Å²) in [6.07, 6.45) is 7.89. The number of aromatic nitrogens is 2. The minimum absolute atomic E-state index is 0.223. The maximum absolute atomic E-state index is 12.1. The molecule has 1 aliphatic heterocycles. The van der Waals surface area contributed by atoms with E-state index in [-0.39, 0.29) is 5.91 Å². The van der Waals surface area contributed by atoms with Crippen LogP contribution in [0.2, 0.25) is 0 Å². The minimum Gasteiger partial charge on any atom is -0.355 e. The lowest BCUT2D eigenvalue weighted by Crippen LogP contribution is -2.48. The predicted molar refractivity (Wildman–Crippen MR) is 122 cm³/mol. The Kier molecular flexibility index (Phi) is 7.70. The number of carbonyl (C=O) groups excluding carboxylic acids is 1. The number of benzene rings is 1. The molecule has 1 aliphatic carbocycles. The molecule has 1 saturated carbocycles. The van der Waals surface area contributed by atoms with Gasteiger partial charge in [0.2, 0.25) is 11.0 Å². The van der Waals surface area contributed by atoms with Crippen molar-refractivity contribution >= 4 is 22.6 Å². The third-order valence-electron chi connectivity index (χ3n) is 6.31. The Balaban J connectivity index is 1.12. The van der Waals surface area contributed by atoms with Gasteiger partial charge < -0.3 is 10.2 Å². The summed E-state index contributed by atoms with van der Waals surface area (Å²) in [5, 5.41) is 4.14. The van der Waals surface area contributed by atoms with Gasteiger partial charge in [-0.05, 0) is 17.9 Å². The molecule has 162 valence electrons. The van der Waals surface area contributed by atoms with Crippen LogP contribution in [0.1, 0.15) is 49.9 Å². The average molecular weight is 428 g/mol. The monoisotopic (exact) mass is 427 g/mol. The number of nitrogens with one attached hydrogen (secondary N) is 1. The van der Waals surface area contributed by atoms with Gasteiger partial charge in [0.25, 0.3) is 0 Å². The van der Waals surface area contributed by atoms with E-state index in [0.717, 1.165) is 69.0 Å². The van der Waals surface area contributed by atoms with E-state index in [1.54, 1.807) is 0 Å². The molecule has 1 aromatic heterocycles. The van der Waals surface area contributed by atoms with Crippen molar-refractivity contribution in [2.45, 2.75) is 44.9 Å². The second-order valence-corrected chi connectivity index (χ2v) is 9.25. The maximum atomic E-state index is 12.1. The summed E-state index contributed by atoms with van der Waals surface area (Å²) < 4.78 is 4.55. The van der Waals surface area contributed by atoms with Gasteiger partial charge in [-0.1, -0.05) is 56.0 Å². The molecule has 2 aromatic rings. The van der Waals surface area contributed by atoms with Crippen molar-refractivity contribution < 1.29 is 4.79 Å². The molecule has 2 heterocycles. The van der Waals surface area contributed by atoms with E-state index in [1.165, 1.54) is 42.8 Å². The number of rotatable bonds is 9. The molecule has 1 aromatic carbocycles. The molecule has 2 fully saturated rings. The molecule has 0 bridgehead atoms. The van der Waals surface area contributed by atoms with Gasteiger partial charge in [-0.3, -0.25) is 9.69 Å². The largest absolute Gasteiger partial charge is 0.355 e. The van der Waals surface area contributed by atoms with E-state index in [9.17, 15) is 4.79 Å².